The maximum atomic E-state index is 12.0. The molecule has 5 aliphatic rings. The number of anilines is 2. The summed E-state index contributed by atoms with van der Waals surface area (Å²) in [5, 5.41) is 12.6. The van der Waals surface area contributed by atoms with Crippen LogP contribution in [0, 0.1) is 0 Å². The van der Waals surface area contributed by atoms with Gasteiger partial charge in [-0.05, 0) is 64.1 Å². The molecule has 8 rings (SSSR count). The SMILES string of the molecule is O=C(O)N1[C@@H]2CC[C@H]1CN(c1nc(OCC34CCCN3CCC4)nc3c1CCN(c1cncc4cccc(Cl)c14)C3)C2. The molecule has 5 aliphatic heterocycles. The highest BCUT2D eigenvalue weighted by molar-refractivity contribution is 6.36. The molecule has 10 nitrogen and oxygen atoms in total. The molecule has 0 spiro atoms. The molecule has 2 atom stereocenters. The van der Waals surface area contributed by atoms with Gasteiger partial charge in [0.05, 0.1) is 46.8 Å². The molecule has 0 saturated carbocycles. The summed E-state index contributed by atoms with van der Waals surface area (Å²) in [6.45, 7) is 5.59. The average molecular weight is 590 g/mol. The Hall–Kier alpha value is -3.37. The molecular formula is C31H36ClN7O3. The molecule has 3 aromatic rings. The molecule has 4 saturated heterocycles. The predicted octanol–water partition coefficient (Wildman–Crippen LogP) is 4.58. The molecule has 0 unspecified atom stereocenters. The standard InChI is InChI=1S/C31H36ClN7O3/c32-24-5-1-4-20-14-33-15-26(27(20)24)36-13-8-23-25(18-36)34-29(42-19-31-9-2-11-38(31)12-3-10-31)35-28(23)37-16-21-6-7-22(17-37)39(21)30(40)41/h1,4-5,14-15,21-22H,2-3,6-13,16-19H2,(H,40,41)/t21-,22+. The molecule has 4 fully saturated rings. The molecule has 7 heterocycles. The Balaban J connectivity index is 1.14. The van der Waals surface area contributed by atoms with Gasteiger partial charge in [0.1, 0.15) is 12.4 Å². The fourth-order valence-electron chi connectivity index (χ4n) is 8.38. The van der Waals surface area contributed by atoms with Gasteiger partial charge in [-0.3, -0.25) is 14.8 Å². The first-order valence-corrected chi connectivity index (χ1v) is 15.7. The number of amides is 1. The Labute approximate surface area is 250 Å². The van der Waals surface area contributed by atoms with Crippen LogP contribution in [-0.4, -0.2) is 92.9 Å². The van der Waals surface area contributed by atoms with E-state index in [9.17, 15) is 9.90 Å². The summed E-state index contributed by atoms with van der Waals surface area (Å²) in [5.74, 6) is 0.915. The Bertz CT molecular complexity index is 1520. The summed E-state index contributed by atoms with van der Waals surface area (Å²) >= 11 is 6.69. The van der Waals surface area contributed by atoms with Crippen LogP contribution in [0.15, 0.2) is 30.6 Å². The highest BCUT2D eigenvalue weighted by Gasteiger charge is 2.46. The maximum absolute atomic E-state index is 12.0. The molecule has 11 heteroatoms. The number of ether oxygens (including phenoxy) is 1. The lowest BCUT2D eigenvalue weighted by Gasteiger charge is -2.41. The van der Waals surface area contributed by atoms with Crippen LogP contribution in [0.25, 0.3) is 10.8 Å². The monoisotopic (exact) mass is 589 g/mol. The summed E-state index contributed by atoms with van der Waals surface area (Å²) < 4.78 is 6.50. The molecular weight excluding hydrogens is 554 g/mol. The third-order valence-electron chi connectivity index (χ3n) is 10.4. The first-order chi connectivity index (χ1) is 20.5. The zero-order valence-corrected chi connectivity index (χ0v) is 24.5. The van der Waals surface area contributed by atoms with Crippen molar-refractivity contribution in [2.45, 2.75) is 69.1 Å². The molecule has 42 heavy (non-hydrogen) atoms. The third-order valence-corrected chi connectivity index (χ3v) is 10.7. The van der Waals surface area contributed by atoms with Crippen LogP contribution in [0.5, 0.6) is 6.01 Å². The number of hydrogen-bond donors (Lipinski definition) is 1. The van der Waals surface area contributed by atoms with Crippen molar-refractivity contribution in [2.75, 3.05) is 49.1 Å². The quantitative estimate of drug-likeness (QED) is 0.458. The highest BCUT2D eigenvalue weighted by Crippen LogP contribution is 2.41. The van der Waals surface area contributed by atoms with Crippen LogP contribution in [0.4, 0.5) is 16.3 Å². The zero-order valence-electron chi connectivity index (χ0n) is 23.7. The second-order valence-corrected chi connectivity index (χ2v) is 13.0. The summed E-state index contributed by atoms with van der Waals surface area (Å²) in [6, 6.07) is 6.34. The molecule has 2 bridgehead atoms. The molecule has 2 aromatic heterocycles. The molecule has 1 amide bonds. The van der Waals surface area contributed by atoms with E-state index in [0.717, 1.165) is 85.3 Å². The van der Waals surface area contributed by atoms with E-state index >= 15 is 0 Å². The number of halogens is 1. The van der Waals surface area contributed by atoms with Crippen molar-refractivity contribution >= 4 is 40.0 Å². The maximum Gasteiger partial charge on any atom is 0.407 e. The lowest BCUT2D eigenvalue weighted by atomic mass is 9.95. The average Bonchev–Trinajstić information content (AvgIpc) is 3.66. The van der Waals surface area contributed by atoms with Gasteiger partial charge in [0.2, 0.25) is 0 Å². The second-order valence-electron chi connectivity index (χ2n) is 12.6. The van der Waals surface area contributed by atoms with Crippen molar-refractivity contribution in [3.05, 3.63) is 46.9 Å². The van der Waals surface area contributed by atoms with Gasteiger partial charge in [0.15, 0.2) is 0 Å². The van der Waals surface area contributed by atoms with Crippen LogP contribution in [0.3, 0.4) is 0 Å². The minimum Gasteiger partial charge on any atom is -0.465 e. The Morgan fingerprint density at radius 2 is 1.83 bits per heavy atom. The van der Waals surface area contributed by atoms with Crippen molar-refractivity contribution < 1.29 is 14.6 Å². The fourth-order valence-corrected chi connectivity index (χ4v) is 8.66. The number of benzene rings is 1. The van der Waals surface area contributed by atoms with E-state index in [-0.39, 0.29) is 17.6 Å². The first kappa shape index (κ1) is 26.3. The smallest absolute Gasteiger partial charge is 0.407 e. The molecule has 1 N–H and O–H groups in total. The summed E-state index contributed by atoms with van der Waals surface area (Å²) in [7, 11) is 0. The number of rotatable bonds is 5. The summed E-state index contributed by atoms with van der Waals surface area (Å²) in [4.78, 5) is 35.5. The van der Waals surface area contributed by atoms with Crippen LogP contribution >= 0.6 is 11.6 Å². The number of nitrogens with zero attached hydrogens (tertiary/aromatic N) is 7. The number of piperazine rings is 1. The fraction of sp³-hybridized carbons (Fsp3) is 0.548. The third kappa shape index (κ3) is 4.25. The molecule has 0 aliphatic carbocycles. The van der Waals surface area contributed by atoms with Gasteiger partial charge in [-0.1, -0.05) is 23.7 Å². The molecule has 0 radical (unpaired) electrons. The lowest BCUT2D eigenvalue weighted by Crippen LogP contribution is -2.56. The van der Waals surface area contributed by atoms with E-state index in [2.05, 4.69) is 19.7 Å². The number of carboxylic acid groups (broad SMARTS) is 1. The normalized spacial score (nSPS) is 24.7. The Morgan fingerprint density at radius 3 is 2.60 bits per heavy atom. The van der Waals surface area contributed by atoms with Crippen LogP contribution < -0.4 is 14.5 Å². The summed E-state index contributed by atoms with van der Waals surface area (Å²) in [5.41, 5.74) is 3.21. The van der Waals surface area contributed by atoms with Gasteiger partial charge < -0.3 is 19.6 Å². The highest BCUT2D eigenvalue weighted by atomic mass is 35.5. The Morgan fingerprint density at radius 1 is 1.05 bits per heavy atom. The largest absolute Gasteiger partial charge is 0.465 e. The van der Waals surface area contributed by atoms with Crippen LogP contribution in [0.2, 0.25) is 5.02 Å². The molecule has 220 valence electrons. The number of aromatic nitrogens is 3. The predicted molar refractivity (Wildman–Crippen MR) is 161 cm³/mol. The molecule has 1 aromatic carbocycles. The summed E-state index contributed by atoms with van der Waals surface area (Å²) in [6.07, 6.45) is 10.3. The second kappa shape index (κ2) is 10.1. The van der Waals surface area contributed by atoms with Gasteiger partial charge in [-0.25, -0.2) is 4.79 Å². The Kier molecular flexibility index (Phi) is 6.33. The van der Waals surface area contributed by atoms with Crippen molar-refractivity contribution in [1.29, 1.82) is 0 Å². The van der Waals surface area contributed by atoms with E-state index in [4.69, 9.17) is 26.3 Å². The topological polar surface area (TPSA) is 98.2 Å². The van der Waals surface area contributed by atoms with Gasteiger partial charge in [0.25, 0.3) is 0 Å². The number of pyridine rings is 1. The van der Waals surface area contributed by atoms with Crippen molar-refractivity contribution in [1.82, 2.24) is 24.8 Å². The number of fused-ring (bicyclic) bond motifs is 5. The van der Waals surface area contributed by atoms with E-state index in [0.29, 0.717) is 37.3 Å². The van der Waals surface area contributed by atoms with Gasteiger partial charge in [0, 0.05) is 42.2 Å². The minimum atomic E-state index is -0.814. The first-order valence-electron chi connectivity index (χ1n) is 15.3. The van der Waals surface area contributed by atoms with Gasteiger partial charge >= 0.3 is 12.1 Å². The van der Waals surface area contributed by atoms with Crippen LogP contribution in [-0.2, 0) is 13.0 Å². The van der Waals surface area contributed by atoms with Crippen molar-refractivity contribution in [3.63, 3.8) is 0 Å². The van der Waals surface area contributed by atoms with Crippen molar-refractivity contribution in [2.24, 2.45) is 0 Å². The number of carbonyl (C=O) groups is 1. The van der Waals surface area contributed by atoms with E-state index in [1.165, 1.54) is 12.8 Å². The van der Waals surface area contributed by atoms with E-state index < -0.39 is 6.09 Å². The van der Waals surface area contributed by atoms with E-state index in [1.54, 1.807) is 4.90 Å². The van der Waals surface area contributed by atoms with Gasteiger partial charge in [-0.15, -0.1) is 0 Å². The van der Waals surface area contributed by atoms with E-state index in [1.807, 2.05) is 30.6 Å². The number of hydrogen-bond acceptors (Lipinski definition) is 8. The minimum absolute atomic E-state index is 0.00959. The van der Waals surface area contributed by atoms with Gasteiger partial charge in [-0.2, -0.15) is 9.97 Å². The van der Waals surface area contributed by atoms with Crippen LogP contribution in [0.1, 0.15) is 49.8 Å². The lowest BCUT2D eigenvalue weighted by molar-refractivity contribution is 0.107. The zero-order chi connectivity index (χ0) is 28.4. The van der Waals surface area contributed by atoms with Crippen molar-refractivity contribution in [3.8, 4) is 6.01 Å².